The molecule has 1 fully saturated rings. The molecule has 44 heavy (non-hydrogen) atoms. The molecule has 222 valence electrons. The van der Waals surface area contributed by atoms with Crippen LogP contribution in [0.15, 0.2) is 84.2 Å². The molecular weight excluding hydrogens is 554 g/mol. The molecule has 0 bridgehead atoms. The molecule has 1 unspecified atom stereocenters. The van der Waals surface area contributed by atoms with Crippen molar-refractivity contribution >= 4 is 27.8 Å². The Morgan fingerprint density at radius 2 is 1.75 bits per heavy atom. The average molecular weight is 588 g/mol. The summed E-state index contributed by atoms with van der Waals surface area (Å²) in [6, 6.07) is 18.2. The molecule has 0 aliphatic carbocycles. The van der Waals surface area contributed by atoms with Crippen LogP contribution in [0.2, 0.25) is 0 Å². The fraction of sp³-hybridized carbons (Fsp3) is 0.265. The fourth-order valence-electron chi connectivity index (χ4n) is 6.31. The first-order valence-corrected chi connectivity index (χ1v) is 14.8. The molecule has 10 heteroatoms. The van der Waals surface area contributed by atoms with Crippen LogP contribution in [0.25, 0.3) is 50.0 Å². The third-order valence-corrected chi connectivity index (χ3v) is 8.69. The molecule has 2 atom stereocenters. The smallest absolute Gasteiger partial charge is 0.333 e. The number of piperidine rings is 1. The number of aryl methyl sites for hydroxylation is 2. The number of benzene rings is 2. The van der Waals surface area contributed by atoms with Crippen molar-refractivity contribution in [2.45, 2.75) is 31.8 Å². The van der Waals surface area contributed by atoms with Gasteiger partial charge >= 0.3 is 5.69 Å². The van der Waals surface area contributed by atoms with Crippen LogP contribution in [-0.4, -0.2) is 64.0 Å². The van der Waals surface area contributed by atoms with Gasteiger partial charge in [0, 0.05) is 62.0 Å². The number of amides is 1. The van der Waals surface area contributed by atoms with E-state index in [-0.39, 0.29) is 17.5 Å². The molecule has 1 amide bonds. The lowest BCUT2D eigenvalue weighted by Gasteiger charge is -2.33. The summed E-state index contributed by atoms with van der Waals surface area (Å²) in [5, 5.41) is 14.9. The van der Waals surface area contributed by atoms with Crippen molar-refractivity contribution in [2.24, 2.45) is 14.1 Å². The number of aromatic nitrogens is 6. The predicted octanol–water partition coefficient (Wildman–Crippen LogP) is 4.43. The van der Waals surface area contributed by atoms with Gasteiger partial charge in [-0.25, -0.2) is 4.79 Å². The van der Waals surface area contributed by atoms with E-state index in [0.717, 1.165) is 68.4 Å². The van der Waals surface area contributed by atoms with E-state index in [2.05, 4.69) is 21.1 Å². The van der Waals surface area contributed by atoms with Crippen molar-refractivity contribution in [2.75, 3.05) is 13.1 Å². The number of aliphatic hydroxyl groups is 1. The highest BCUT2D eigenvalue weighted by molar-refractivity contribution is 6.04. The molecular formula is C34H33N7O3. The van der Waals surface area contributed by atoms with Crippen LogP contribution in [0.3, 0.4) is 0 Å². The van der Waals surface area contributed by atoms with Crippen LogP contribution in [0.4, 0.5) is 0 Å². The quantitative estimate of drug-likeness (QED) is 0.320. The molecule has 0 radical (unpaired) electrons. The molecule has 0 saturated carbocycles. The SMILES string of the molecule is C[C@H](O)C(=O)N1CCCC(c2ccc(-n3c(=O)n(C)c4cnc5ccc(-c6ccc(-c7cnn(C)c7)nc6)cc5c43)cc2)C1. The van der Waals surface area contributed by atoms with Crippen molar-refractivity contribution in [1.29, 1.82) is 0 Å². The number of likely N-dealkylation sites (tertiary alicyclic amines) is 1. The van der Waals surface area contributed by atoms with Crippen LogP contribution < -0.4 is 5.69 Å². The number of pyridine rings is 2. The molecule has 6 aromatic rings. The third kappa shape index (κ3) is 4.77. The Hall–Kier alpha value is -5.09. The largest absolute Gasteiger partial charge is 0.384 e. The maximum atomic E-state index is 13.6. The van der Waals surface area contributed by atoms with Crippen LogP contribution >= 0.6 is 0 Å². The Kier molecular flexibility index (Phi) is 6.85. The number of hydrogen-bond acceptors (Lipinski definition) is 6. The van der Waals surface area contributed by atoms with Crippen LogP contribution in [0.1, 0.15) is 31.2 Å². The second-order valence-corrected chi connectivity index (χ2v) is 11.6. The van der Waals surface area contributed by atoms with E-state index in [9.17, 15) is 14.7 Å². The molecule has 10 nitrogen and oxygen atoms in total. The molecule has 1 aliphatic rings. The fourth-order valence-corrected chi connectivity index (χ4v) is 6.31. The maximum Gasteiger partial charge on any atom is 0.333 e. The zero-order chi connectivity index (χ0) is 30.5. The number of carbonyl (C=O) groups is 1. The lowest BCUT2D eigenvalue weighted by molar-refractivity contribution is -0.140. The van der Waals surface area contributed by atoms with Crippen molar-refractivity contribution in [1.82, 2.24) is 33.8 Å². The molecule has 1 aliphatic heterocycles. The van der Waals surface area contributed by atoms with E-state index < -0.39 is 6.10 Å². The summed E-state index contributed by atoms with van der Waals surface area (Å²) in [5.74, 6) is -0.0517. The van der Waals surface area contributed by atoms with E-state index in [4.69, 9.17) is 0 Å². The summed E-state index contributed by atoms with van der Waals surface area (Å²) in [6.07, 6.45) is 8.19. The Balaban J connectivity index is 1.26. The highest BCUT2D eigenvalue weighted by Crippen LogP contribution is 2.32. The number of rotatable bonds is 5. The van der Waals surface area contributed by atoms with Gasteiger partial charge in [-0.1, -0.05) is 24.3 Å². The molecule has 0 spiro atoms. The molecule has 1 N–H and O–H groups in total. The Morgan fingerprint density at radius 3 is 2.45 bits per heavy atom. The standard InChI is InChI=1S/C34H33N7O3/c1-21(42)33(43)40-14-4-5-25(20-40)22-6-10-27(11-7-22)41-32-28-15-23(8-13-30(28)36-18-31(32)39(3)34(41)44)24-9-12-29(35-16-24)26-17-37-38(2)19-26/h6-13,15-19,21,25,42H,4-5,14,20H2,1-3H3/t21-,25?/m0/s1. The first-order chi connectivity index (χ1) is 21.3. The lowest BCUT2D eigenvalue weighted by atomic mass is 9.90. The minimum absolute atomic E-state index is 0.152. The normalized spacial score (nSPS) is 16.1. The maximum absolute atomic E-state index is 13.6. The summed E-state index contributed by atoms with van der Waals surface area (Å²) < 4.78 is 5.14. The minimum atomic E-state index is -0.998. The van der Waals surface area contributed by atoms with Crippen LogP contribution in [0.5, 0.6) is 0 Å². The van der Waals surface area contributed by atoms with Crippen molar-refractivity contribution < 1.29 is 9.90 Å². The minimum Gasteiger partial charge on any atom is -0.384 e. The molecule has 4 aromatic heterocycles. The average Bonchev–Trinajstić information content (AvgIpc) is 3.60. The van der Waals surface area contributed by atoms with Gasteiger partial charge in [-0.15, -0.1) is 0 Å². The topological polar surface area (TPSA) is 111 Å². The molecule has 7 rings (SSSR count). The number of carbonyl (C=O) groups excluding carboxylic acids is 1. The number of imidazole rings is 1. The Labute approximate surface area is 253 Å². The van der Waals surface area contributed by atoms with Gasteiger partial charge in [0.15, 0.2) is 0 Å². The second-order valence-electron chi connectivity index (χ2n) is 11.6. The summed E-state index contributed by atoms with van der Waals surface area (Å²) in [4.78, 5) is 37.1. The predicted molar refractivity (Wildman–Crippen MR) is 169 cm³/mol. The summed E-state index contributed by atoms with van der Waals surface area (Å²) in [7, 11) is 3.65. The van der Waals surface area contributed by atoms with E-state index in [1.165, 1.54) is 6.92 Å². The Bertz CT molecular complexity index is 2070. The highest BCUT2D eigenvalue weighted by atomic mass is 16.3. The molecule has 2 aromatic carbocycles. The summed E-state index contributed by atoms with van der Waals surface area (Å²) >= 11 is 0. The number of aliphatic hydroxyl groups excluding tert-OH is 1. The van der Waals surface area contributed by atoms with E-state index in [1.54, 1.807) is 38.2 Å². The van der Waals surface area contributed by atoms with Crippen LogP contribution in [0, 0.1) is 0 Å². The number of nitrogens with zero attached hydrogens (tertiary/aromatic N) is 7. The van der Waals surface area contributed by atoms with Crippen molar-refractivity contribution in [3.63, 3.8) is 0 Å². The van der Waals surface area contributed by atoms with Crippen molar-refractivity contribution in [3.8, 4) is 28.1 Å². The number of hydrogen-bond donors (Lipinski definition) is 1. The Morgan fingerprint density at radius 1 is 0.955 bits per heavy atom. The van der Waals surface area contributed by atoms with E-state index in [0.29, 0.717) is 13.1 Å². The summed E-state index contributed by atoms with van der Waals surface area (Å²) in [6.45, 7) is 2.76. The van der Waals surface area contributed by atoms with E-state index >= 15 is 0 Å². The van der Waals surface area contributed by atoms with Gasteiger partial charge in [-0.2, -0.15) is 5.10 Å². The van der Waals surface area contributed by atoms with Crippen molar-refractivity contribution in [3.05, 3.63) is 95.4 Å². The van der Waals surface area contributed by atoms with Gasteiger partial charge in [0.25, 0.3) is 5.91 Å². The third-order valence-electron chi connectivity index (χ3n) is 8.69. The van der Waals surface area contributed by atoms with Gasteiger partial charge in [0.1, 0.15) is 6.10 Å². The van der Waals surface area contributed by atoms with Gasteiger partial charge in [0.05, 0.1) is 40.3 Å². The van der Waals surface area contributed by atoms with Gasteiger partial charge in [-0.05, 0) is 61.2 Å². The van der Waals surface area contributed by atoms with Crippen LogP contribution in [-0.2, 0) is 18.9 Å². The monoisotopic (exact) mass is 587 g/mol. The van der Waals surface area contributed by atoms with Gasteiger partial charge < -0.3 is 10.0 Å². The first-order valence-electron chi connectivity index (χ1n) is 14.8. The lowest BCUT2D eigenvalue weighted by Crippen LogP contribution is -2.43. The highest BCUT2D eigenvalue weighted by Gasteiger charge is 2.27. The summed E-state index contributed by atoms with van der Waals surface area (Å²) in [5.41, 5.74) is 7.79. The first kappa shape index (κ1) is 27.7. The number of fused-ring (bicyclic) bond motifs is 3. The van der Waals surface area contributed by atoms with Gasteiger partial charge in [0.2, 0.25) is 0 Å². The van der Waals surface area contributed by atoms with E-state index in [1.807, 2.05) is 68.0 Å². The second kappa shape index (κ2) is 10.9. The zero-order valence-corrected chi connectivity index (χ0v) is 24.9. The van der Waals surface area contributed by atoms with Gasteiger partial charge in [-0.3, -0.25) is 28.6 Å². The molecule has 5 heterocycles. The zero-order valence-electron chi connectivity index (χ0n) is 24.9. The molecule has 1 saturated heterocycles.